The van der Waals surface area contributed by atoms with E-state index in [1.807, 2.05) is 24.3 Å². The van der Waals surface area contributed by atoms with Crippen LogP contribution in [0.5, 0.6) is 0 Å². The van der Waals surface area contributed by atoms with Crippen molar-refractivity contribution in [3.63, 3.8) is 0 Å². The number of ether oxygens (including phenoxy) is 2. The van der Waals surface area contributed by atoms with Crippen LogP contribution < -0.4 is 10.2 Å². The van der Waals surface area contributed by atoms with Crippen LogP contribution in [0.25, 0.3) is 11.4 Å². The van der Waals surface area contributed by atoms with Crippen molar-refractivity contribution in [2.75, 3.05) is 30.0 Å². The van der Waals surface area contributed by atoms with Crippen molar-refractivity contribution >= 4 is 27.4 Å². The largest absolute Gasteiger partial charge is 0.444 e. The van der Waals surface area contributed by atoms with Crippen LogP contribution in [0.2, 0.25) is 0 Å². The van der Waals surface area contributed by atoms with Crippen LogP contribution in [0.4, 0.5) is 16.3 Å². The van der Waals surface area contributed by atoms with Crippen molar-refractivity contribution in [1.29, 1.82) is 0 Å². The lowest BCUT2D eigenvalue weighted by Gasteiger charge is -2.36. The average Bonchev–Trinajstić information content (AvgIpc) is 3.76. The minimum absolute atomic E-state index is 0.130. The van der Waals surface area contributed by atoms with Gasteiger partial charge in [-0.3, -0.25) is 5.32 Å². The highest BCUT2D eigenvalue weighted by molar-refractivity contribution is 7.92. The van der Waals surface area contributed by atoms with E-state index in [-0.39, 0.29) is 6.04 Å². The third-order valence-electron chi connectivity index (χ3n) is 7.23. The maximum absolute atomic E-state index is 13.9. The molecule has 40 heavy (non-hydrogen) atoms. The third kappa shape index (κ3) is 5.69. The summed E-state index contributed by atoms with van der Waals surface area (Å²) in [4.78, 5) is 24.5. The molecule has 1 aliphatic heterocycles. The molecular formula is C30H36N4O5S. The zero-order valence-corrected chi connectivity index (χ0v) is 24.2. The zero-order valence-electron chi connectivity index (χ0n) is 23.4. The van der Waals surface area contributed by atoms with Gasteiger partial charge in [0, 0.05) is 23.9 Å². The molecule has 3 aromatic rings. The van der Waals surface area contributed by atoms with Gasteiger partial charge in [0.05, 0.1) is 29.8 Å². The summed E-state index contributed by atoms with van der Waals surface area (Å²) in [6, 6.07) is 17.7. The highest BCUT2D eigenvalue weighted by atomic mass is 32.2. The molecule has 0 spiro atoms. The average molecular weight is 565 g/mol. The number of nitrogens with one attached hydrogen (secondary N) is 1. The Hall–Kier alpha value is -3.50. The second-order valence-corrected chi connectivity index (χ2v) is 13.5. The third-order valence-corrected chi connectivity index (χ3v) is 9.77. The molecule has 1 N–H and O–H groups in total. The van der Waals surface area contributed by atoms with Crippen LogP contribution in [0.15, 0.2) is 65.6 Å². The van der Waals surface area contributed by atoms with E-state index in [9.17, 15) is 13.2 Å². The summed E-state index contributed by atoms with van der Waals surface area (Å²) < 4.78 is 37.7. The Labute approximate surface area is 235 Å². The number of rotatable bonds is 7. The Balaban J connectivity index is 1.54. The van der Waals surface area contributed by atoms with Crippen molar-refractivity contribution in [2.45, 2.75) is 68.2 Å². The normalized spacial score (nSPS) is 18.7. The highest BCUT2D eigenvalue weighted by Crippen LogP contribution is 2.55. The molecule has 1 saturated heterocycles. The van der Waals surface area contributed by atoms with Gasteiger partial charge in [-0.15, -0.1) is 0 Å². The summed E-state index contributed by atoms with van der Waals surface area (Å²) in [6.45, 7) is 9.34. The first kappa shape index (κ1) is 28.0. The van der Waals surface area contributed by atoms with Gasteiger partial charge in [-0.2, -0.15) is 0 Å². The van der Waals surface area contributed by atoms with E-state index in [2.05, 4.69) is 17.1 Å². The molecule has 1 aliphatic carbocycles. The molecule has 2 aliphatic rings. The number of anilines is 2. The number of morpholine rings is 1. The van der Waals surface area contributed by atoms with Gasteiger partial charge in [0.2, 0.25) is 0 Å². The summed E-state index contributed by atoms with van der Waals surface area (Å²) in [5.74, 6) is 1.13. The van der Waals surface area contributed by atoms with Crippen LogP contribution in [0.1, 0.15) is 52.7 Å². The molecule has 5 rings (SSSR count). The van der Waals surface area contributed by atoms with Crippen LogP contribution in [0, 0.1) is 0 Å². The first-order valence-corrected chi connectivity index (χ1v) is 15.1. The topological polar surface area (TPSA) is 111 Å². The number of hydrogen-bond acceptors (Lipinski definition) is 8. The summed E-state index contributed by atoms with van der Waals surface area (Å²) in [5.41, 5.74) is 1.18. The standard InChI is InChI=1S/C30H36N4O5S/c1-5-23-20-38-18-17-34(23)26-19-25(30(15-16-30)40(36,37)24-9-7-6-8-10-24)32-27(33-26)21-11-13-22(14-12-21)31-28(35)39-29(2,3)4/h6-14,19,23H,5,15-18,20H2,1-4H3,(H,31,35)/t23-/m0/s1. The number of hydrogen-bond donors (Lipinski definition) is 1. The van der Waals surface area contributed by atoms with E-state index in [1.54, 1.807) is 57.2 Å². The van der Waals surface area contributed by atoms with Gasteiger partial charge in [-0.25, -0.2) is 23.2 Å². The summed E-state index contributed by atoms with van der Waals surface area (Å²) in [7, 11) is -3.68. The molecule has 2 aromatic carbocycles. The zero-order chi connectivity index (χ0) is 28.5. The quantitative estimate of drug-likeness (QED) is 0.397. The summed E-state index contributed by atoms with van der Waals surface area (Å²) in [5, 5.41) is 2.73. The minimum atomic E-state index is -3.68. The summed E-state index contributed by atoms with van der Waals surface area (Å²) in [6.07, 6.45) is 1.33. The smallest absolute Gasteiger partial charge is 0.412 e. The molecule has 9 nitrogen and oxygen atoms in total. The van der Waals surface area contributed by atoms with Gasteiger partial charge >= 0.3 is 6.09 Å². The second kappa shape index (κ2) is 10.8. The number of amides is 1. The van der Waals surface area contributed by atoms with Gasteiger partial charge < -0.3 is 14.4 Å². The van der Waals surface area contributed by atoms with Crippen molar-refractivity contribution in [3.05, 3.63) is 66.4 Å². The van der Waals surface area contributed by atoms with Gasteiger partial charge in [-0.1, -0.05) is 25.1 Å². The molecule has 0 radical (unpaired) electrons. The Morgan fingerprint density at radius 3 is 2.42 bits per heavy atom. The fraction of sp³-hybridized carbons (Fsp3) is 0.433. The van der Waals surface area contributed by atoms with Crippen LogP contribution in [-0.4, -0.2) is 55.9 Å². The van der Waals surface area contributed by atoms with Crippen molar-refractivity contribution in [3.8, 4) is 11.4 Å². The number of sulfone groups is 1. The molecule has 1 amide bonds. The second-order valence-electron chi connectivity index (χ2n) is 11.3. The molecule has 2 fully saturated rings. The Morgan fingerprint density at radius 1 is 1.10 bits per heavy atom. The molecule has 10 heteroatoms. The minimum Gasteiger partial charge on any atom is -0.444 e. The monoisotopic (exact) mass is 564 g/mol. The molecular weight excluding hydrogens is 528 g/mol. The fourth-order valence-electron chi connectivity index (χ4n) is 4.96. The van der Waals surface area contributed by atoms with Gasteiger partial charge in [0.15, 0.2) is 15.7 Å². The predicted molar refractivity (Wildman–Crippen MR) is 154 cm³/mol. The number of carbonyl (C=O) groups excluding carboxylic acids is 1. The maximum Gasteiger partial charge on any atom is 0.412 e. The number of benzene rings is 2. The summed E-state index contributed by atoms with van der Waals surface area (Å²) >= 11 is 0. The molecule has 0 bridgehead atoms. The van der Waals surface area contributed by atoms with E-state index in [1.165, 1.54) is 0 Å². The Morgan fingerprint density at radius 2 is 1.80 bits per heavy atom. The first-order chi connectivity index (χ1) is 19.0. The molecule has 0 unspecified atom stereocenters. The van der Waals surface area contributed by atoms with Crippen molar-refractivity contribution in [1.82, 2.24) is 9.97 Å². The molecule has 2 heterocycles. The molecule has 1 saturated carbocycles. The Kier molecular flexibility index (Phi) is 7.58. The number of aromatic nitrogens is 2. The van der Waals surface area contributed by atoms with E-state index < -0.39 is 26.3 Å². The lowest BCUT2D eigenvalue weighted by atomic mass is 10.1. The van der Waals surface area contributed by atoms with Gasteiger partial charge in [-0.05, 0) is 76.4 Å². The van der Waals surface area contributed by atoms with E-state index in [0.29, 0.717) is 66.1 Å². The fourth-order valence-corrected chi connectivity index (χ4v) is 6.95. The number of carbonyl (C=O) groups is 1. The maximum atomic E-state index is 13.9. The number of nitrogens with zero attached hydrogens (tertiary/aromatic N) is 3. The Bertz CT molecular complexity index is 1470. The lowest BCUT2D eigenvalue weighted by Crippen LogP contribution is -2.45. The molecule has 212 valence electrons. The SMILES string of the molecule is CC[C@H]1COCCN1c1cc(C2(S(=O)(=O)c3ccccc3)CC2)nc(-c2ccc(NC(=O)OC(C)(C)C)cc2)n1. The predicted octanol–water partition coefficient (Wildman–Crippen LogP) is 5.57. The van der Waals surface area contributed by atoms with E-state index in [4.69, 9.17) is 19.4 Å². The lowest BCUT2D eigenvalue weighted by molar-refractivity contribution is 0.0636. The van der Waals surface area contributed by atoms with Gasteiger partial charge in [0.1, 0.15) is 16.2 Å². The van der Waals surface area contributed by atoms with Crippen LogP contribution in [0.3, 0.4) is 0 Å². The van der Waals surface area contributed by atoms with E-state index in [0.717, 1.165) is 6.42 Å². The molecule has 1 atom stereocenters. The first-order valence-electron chi connectivity index (χ1n) is 13.7. The van der Waals surface area contributed by atoms with E-state index >= 15 is 0 Å². The van der Waals surface area contributed by atoms with Crippen molar-refractivity contribution in [2.24, 2.45) is 0 Å². The molecule has 1 aromatic heterocycles. The van der Waals surface area contributed by atoms with Crippen molar-refractivity contribution < 1.29 is 22.7 Å². The highest BCUT2D eigenvalue weighted by Gasteiger charge is 2.58. The van der Waals surface area contributed by atoms with Crippen LogP contribution >= 0.6 is 0 Å². The van der Waals surface area contributed by atoms with Gasteiger partial charge in [0.25, 0.3) is 0 Å². The van der Waals surface area contributed by atoms with Crippen LogP contribution in [-0.2, 0) is 24.1 Å².